The highest BCUT2D eigenvalue weighted by Crippen LogP contribution is 2.24. The zero-order chi connectivity index (χ0) is 15.7. The molecule has 1 atom stereocenters. The summed E-state index contributed by atoms with van der Waals surface area (Å²) < 4.78 is 0. The lowest BCUT2D eigenvalue weighted by atomic mass is 9.91. The minimum Gasteiger partial charge on any atom is -0.339 e. The van der Waals surface area contributed by atoms with E-state index in [9.17, 15) is 9.59 Å². The third kappa shape index (κ3) is 2.54. The van der Waals surface area contributed by atoms with Crippen molar-refractivity contribution in [1.82, 2.24) is 9.80 Å². The fourth-order valence-electron chi connectivity index (χ4n) is 2.87. The van der Waals surface area contributed by atoms with E-state index in [1.54, 1.807) is 24.3 Å². The average Bonchev–Trinajstić information content (AvgIpc) is 3.04. The van der Waals surface area contributed by atoms with Gasteiger partial charge >= 0.3 is 0 Å². The number of carbonyl (C=O) groups excluding carboxylic acids is 2. The van der Waals surface area contributed by atoms with Gasteiger partial charge < -0.3 is 4.90 Å². The van der Waals surface area contributed by atoms with E-state index in [-0.39, 0.29) is 16.9 Å². The van der Waals surface area contributed by atoms with E-state index in [2.05, 4.69) is 11.6 Å². The number of aliphatic imine (C=N–C) groups is 1. The van der Waals surface area contributed by atoms with Gasteiger partial charge in [-0.15, -0.1) is 6.58 Å². The monoisotopic (exact) mass is 315 g/mol. The minimum atomic E-state index is -0.457. The zero-order valence-corrected chi connectivity index (χ0v) is 13.0. The standard InChI is InChI=1S/C16H17N3O2S/c1-2-7-19-15(21)12-6-5-11(10-13(12)17-16(19)22)14(20)18-8-3-4-9-18/h2,5-6,10,12H,1,3-4,7-9H2. The summed E-state index contributed by atoms with van der Waals surface area (Å²) in [6.07, 6.45) is 8.87. The van der Waals surface area contributed by atoms with Crippen molar-refractivity contribution in [3.63, 3.8) is 0 Å². The van der Waals surface area contributed by atoms with Crippen LogP contribution in [-0.4, -0.2) is 52.1 Å². The second-order valence-corrected chi connectivity index (χ2v) is 5.86. The fraction of sp³-hybridized carbons (Fsp3) is 0.375. The van der Waals surface area contributed by atoms with Crippen LogP contribution < -0.4 is 0 Å². The van der Waals surface area contributed by atoms with Crippen molar-refractivity contribution < 1.29 is 9.59 Å². The van der Waals surface area contributed by atoms with Crippen LogP contribution in [0.4, 0.5) is 0 Å². The van der Waals surface area contributed by atoms with Crippen molar-refractivity contribution >= 4 is 34.9 Å². The summed E-state index contributed by atoms with van der Waals surface area (Å²) in [7, 11) is 0. The van der Waals surface area contributed by atoms with Gasteiger partial charge in [-0.05, 0) is 31.1 Å². The van der Waals surface area contributed by atoms with E-state index in [0.717, 1.165) is 25.9 Å². The van der Waals surface area contributed by atoms with Crippen molar-refractivity contribution in [2.24, 2.45) is 10.9 Å². The Labute approximate surface area is 134 Å². The first-order valence-corrected chi connectivity index (χ1v) is 7.76. The van der Waals surface area contributed by atoms with E-state index in [1.807, 2.05) is 4.90 Å². The van der Waals surface area contributed by atoms with E-state index in [1.165, 1.54) is 4.90 Å². The molecule has 0 N–H and O–H groups in total. The molecular formula is C16H17N3O2S. The molecule has 0 aromatic rings. The molecule has 1 saturated heterocycles. The van der Waals surface area contributed by atoms with Crippen molar-refractivity contribution in [2.45, 2.75) is 12.8 Å². The van der Waals surface area contributed by atoms with Gasteiger partial charge in [0.15, 0.2) is 0 Å². The SMILES string of the molecule is C=CCN1C(=O)C2C=CC(C(=O)N3CCCC3)=CC2=NC1=S. The molecular weight excluding hydrogens is 298 g/mol. The van der Waals surface area contributed by atoms with Crippen molar-refractivity contribution in [2.75, 3.05) is 19.6 Å². The summed E-state index contributed by atoms with van der Waals surface area (Å²) in [6, 6.07) is 0. The molecule has 0 aromatic heterocycles. The van der Waals surface area contributed by atoms with Crippen LogP contribution in [0, 0.1) is 5.92 Å². The summed E-state index contributed by atoms with van der Waals surface area (Å²) in [5.41, 5.74) is 1.13. The van der Waals surface area contributed by atoms with Gasteiger partial charge in [0.05, 0.1) is 11.6 Å². The van der Waals surface area contributed by atoms with Gasteiger partial charge in [0, 0.05) is 25.2 Å². The fourth-order valence-corrected chi connectivity index (χ4v) is 3.14. The Morgan fingerprint density at radius 3 is 2.86 bits per heavy atom. The number of allylic oxidation sites excluding steroid dienone is 1. The number of rotatable bonds is 3. The number of fused-ring (bicyclic) bond motifs is 1. The lowest BCUT2D eigenvalue weighted by molar-refractivity contribution is -0.128. The smallest absolute Gasteiger partial charge is 0.253 e. The molecule has 114 valence electrons. The summed E-state index contributed by atoms with van der Waals surface area (Å²) in [6.45, 7) is 5.57. The van der Waals surface area contributed by atoms with Crippen molar-refractivity contribution in [3.8, 4) is 0 Å². The molecule has 0 saturated carbocycles. The van der Waals surface area contributed by atoms with Crippen LogP contribution in [0.2, 0.25) is 0 Å². The number of amides is 2. The Morgan fingerprint density at radius 1 is 1.45 bits per heavy atom. The maximum Gasteiger partial charge on any atom is 0.253 e. The lowest BCUT2D eigenvalue weighted by Crippen LogP contribution is -2.46. The Balaban J connectivity index is 1.86. The van der Waals surface area contributed by atoms with Gasteiger partial charge in [-0.3, -0.25) is 14.5 Å². The molecule has 3 aliphatic rings. The van der Waals surface area contributed by atoms with E-state index in [0.29, 0.717) is 17.8 Å². The lowest BCUT2D eigenvalue weighted by Gasteiger charge is -2.30. The molecule has 3 rings (SSSR count). The highest BCUT2D eigenvalue weighted by molar-refractivity contribution is 7.80. The Morgan fingerprint density at radius 2 is 2.18 bits per heavy atom. The molecule has 2 heterocycles. The highest BCUT2D eigenvalue weighted by Gasteiger charge is 2.35. The minimum absolute atomic E-state index is 0.00166. The molecule has 0 bridgehead atoms. The summed E-state index contributed by atoms with van der Waals surface area (Å²) in [5, 5.41) is 0.232. The number of carbonyl (C=O) groups is 2. The summed E-state index contributed by atoms with van der Waals surface area (Å²) in [5.74, 6) is -0.571. The number of hydrogen-bond acceptors (Lipinski definition) is 3. The van der Waals surface area contributed by atoms with Crippen molar-refractivity contribution in [3.05, 3.63) is 36.5 Å². The van der Waals surface area contributed by atoms with Crippen LogP contribution in [0.25, 0.3) is 0 Å². The quantitative estimate of drug-likeness (QED) is 0.585. The summed E-state index contributed by atoms with van der Waals surface area (Å²) in [4.78, 5) is 32.4. The van der Waals surface area contributed by atoms with Crippen molar-refractivity contribution in [1.29, 1.82) is 0 Å². The van der Waals surface area contributed by atoms with E-state index in [4.69, 9.17) is 12.2 Å². The molecule has 2 amide bonds. The van der Waals surface area contributed by atoms with Gasteiger partial charge in [-0.1, -0.05) is 18.2 Å². The van der Waals surface area contributed by atoms with Gasteiger partial charge in [0.25, 0.3) is 5.91 Å². The molecule has 2 aliphatic heterocycles. The number of hydrogen-bond donors (Lipinski definition) is 0. The average molecular weight is 315 g/mol. The molecule has 1 aliphatic carbocycles. The maximum atomic E-state index is 12.4. The number of thiocarbonyl (C=S) groups is 1. The van der Waals surface area contributed by atoms with Gasteiger partial charge in [0.2, 0.25) is 11.0 Å². The van der Waals surface area contributed by atoms with Crippen LogP contribution in [0.5, 0.6) is 0 Å². The molecule has 6 heteroatoms. The first-order chi connectivity index (χ1) is 10.6. The van der Waals surface area contributed by atoms with Gasteiger partial charge in [-0.2, -0.15) is 0 Å². The van der Waals surface area contributed by atoms with E-state index < -0.39 is 5.92 Å². The Kier molecular flexibility index (Phi) is 4.02. The first-order valence-electron chi connectivity index (χ1n) is 7.36. The van der Waals surface area contributed by atoms with Crippen LogP contribution in [0.1, 0.15) is 12.8 Å². The second kappa shape index (κ2) is 5.96. The van der Waals surface area contributed by atoms with Crippen LogP contribution in [-0.2, 0) is 9.59 Å². The molecule has 0 aromatic carbocycles. The largest absolute Gasteiger partial charge is 0.339 e. The second-order valence-electron chi connectivity index (χ2n) is 5.49. The van der Waals surface area contributed by atoms with Crippen LogP contribution in [0.15, 0.2) is 41.4 Å². The van der Waals surface area contributed by atoms with Crippen LogP contribution in [0.3, 0.4) is 0 Å². The molecule has 22 heavy (non-hydrogen) atoms. The number of nitrogens with zero attached hydrogens (tertiary/aromatic N) is 3. The molecule has 0 spiro atoms. The normalized spacial score (nSPS) is 24.1. The zero-order valence-electron chi connectivity index (χ0n) is 12.2. The highest BCUT2D eigenvalue weighted by atomic mass is 32.1. The third-order valence-corrected chi connectivity index (χ3v) is 4.34. The topological polar surface area (TPSA) is 53.0 Å². The number of likely N-dealkylation sites (tertiary alicyclic amines) is 1. The molecule has 5 nitrogen and oxygen atoms in total. The van der Waals surface area contributed by atoms with Gasteiger partial charge in [0.1, 0.15) is 0 Å². The molecule has 1 unspecified atom stereocenters. The predicted molar refractivity (Wildman–Crippen MR) is 88.5 cm³/mol. The van der Waals surface area contributed by atoms with E-state index >= 15 is 0 Å². The van der Waals surface area contributed by atoms with Crippen LogP contribution >= 0.6 is 12.2 Å². The predicted octanol–water partition coefficient (Wildman–Crippen LogP) is 1.48. The summed E-state index contributed by atoms with van der Waals surface area (Å²) >= 11 is 5.17. The first kappa shape index (κ1) is 14.8. The van der Waals surface area contributed by atoms with Gasteiger partial charge in [-0.25, -0.2) is 4.99 Å². The Bertz CT molecular complexity index is 642. The molecule has 1 fully saturated rings. The maximum absolute atomic E-state index is 12.4. The molecule has 0 radical (unpaired) electrons. The Hall–Kier alpha value is -2.08. The third-order valence-electron chi connectivity index (χ3n) is 4.03.